The summed E-state index contributed by atoms with van der Waals surface area (Å²) in [5.41, 5.74) is 0. The number of aliphatic hydroxyl groups is 2. The Kier molecular flexibility index (Phi) is 2.05. The Labute approximate surface area is 54.7 Å². The van der Waals surface area contributed by atoms with E-state index in [0.29, 0.717) is 13.0 Å². The van der Waals surface area contributed by atoms with E-state index in [1.165, 1.54) is 0 Å². The standard InChI is InChI=1S/C6H13NO2/c1-4(8)6-2-5(9)3-7-6/h4-9H,2-3H2,1H3/t4?,5-,6-/m1/s1. The second-order valence-corrected chi connectivity index (χ2v) is 2.64. The first-order valence-corrected chi connectivity index (χ1v) is 3.29. The Morgan fingerprint density at radius 2 is 2.33 bits per heavy atom. The molecule has 0 spiro atoms. The van der Waals surface area contributed by atoms with E-state index in [1.54, 1.807) is 6.92 Å². The molecule has 1 aliphatic heterocycles. The van der Waals surface area contributed by atoms with Crippen molar-refractivity contribution < 1.29 is 10.2 Å². The van der Waals surface area contributed by atoms with E-state index in [4.69, 9.17) is 10.2 Å². The van der Waals surface area contributed by atoms with Crippen molar-refractivity contribution in [2.75, 3.05) is 6.54 Å². The first-order chi connectivity index (χ1) is 4.20. The van der Waals surface area contributed by atoms with E-state index < -0.39 is 0 Å². The predicted molar refractivity (Wildman–Crippen MR) is 34.1 cm³/mol. The highest BCUT2D eigenvalue weighted by molar-refractivity contribution is 4.84. The zero-order valence-electron chi connectivity index (χ0n) is 5.54. The van der Waals surface area contributed by atoms with Crippen molar-refractivity contribution in [3.8, 4) is 0 Å². The second kappa shape index (κ2) is 2.64. The van der Waals surface area contributed by atoms with Gasteiger partial charge in [-0.05, 0) is 13.3 Å². The fraction of sp³-hybridized carbons (Fsp3) is 1.00. The fourth-order valence-electron chi connectivity index (χ4n) is 1.11. The molecule has 1 saturated heterocycles. The SMILES string of the molecule is CC(O)[C@H]1C[C@@H](O)CN1. The Morgan fingerprint density at radius 3 is 2.56 bits per heavy atom. The molecule has 1 aliphatic rings. The zero-order valence-corrected chi connectivity index (χ0v) is 5.54. The molecule has 0 aromatic rings. The van der Waals surface area contributed by atoms with Crippen LogP contribution in [0, 0.1) is 0 Å². The zero-order chi connectivity index (χ0) is 6.85. The third kappa shape index (κ3) is 1.64. The highest BCUT2D eigenvalue weighted by Gasteiger charge is 2.24. The maximum atomic E-state index is 9.00. The summed E-state index contributed by atoms with van der Waals surface area (Å²) >= 11 is 0. The average molecular weight is 131 g/mol. The number of hydrogen-bond acceptors (Lipinski definition) is 3. The summed E-state index contributed by atoms with van der Waals surface area (Å²) in [6.45, 7) is 2.35. The smallest absolute Gasteiger partial charge is 0.0680 e. The maximum Gasteiger partial charge on any atom is 0.0680 e. The summed E-state index contributed by atoms with van der Waals surface area (Å²) < 4.78 is 0. The Morgan fingerprint density at radius 1 is 1.67 bits per heavy atom. The van der Waals surface area contributed by atoms with Crippen LogP contribution in [0.5, 0.6) is 0 Å². The van der Waals surface area contributed by atoms with Crippen molar-refractivity contribution in [1.29, 1.82) is 0 Å². The van der Waals surface area contributed by atoms with E-state index in [2.05, 4.69) is 5.32 Å². The first-order valence-electron chi connectivity index (χ1n) is 3.29. The Bertz CT molecular complexity index is 95.1. The number of nitrogens with one attached hydrogen (secondary N) is 1. The van der Waals surface area contributed by atoms with Gasteiger partial charge in [0.15, 0.2) is 0 Å². The molecule has 3 N–H and O–H groups in total. The summed E-state index contributed by atoms with van der Waals surface area (Å²) in [4.78, 5) is 0. The van der Waals surface area contributed by atoms with Gasteiger partial charge >= 0.3 is 0 Å². The third-order valence-electron chi connectivity index (χ3n) is 1.72. The van der Waals surface area contributed by atoms with Gasteiger partial charge in [0.25, 0.3) is 0 Å². The minimum Gasteiger partial charge on any atom is -0.392 e. The molecule has 54 valence electrons. The monoisotopic (exact) mass is 131 g/mol. The summed E-state index contributed by atoms with van der Waals surface area (Å²) in [6, 6.07) is 0.0972. The van der Waals surface area contributed by atoms with Crippen LogP contribution in [0.25, 0.3) is 0 Å². The molecule has 0 aliphatic carbocycles. The van der Waals surface area contributed by atoms with Gasteiger partial charge in [0.1, 0.15) is 0 Å². The largest absolute Gasteiger partial charge is 0.392 e. The van der Waals surface area contributed by atoms with Crippen molar-refractivity contribution in [3.63, 3.8) is 0 Å². The van der Waals surface area contributed by atoms with Gasteiger partial charge in [-0.3, -0.25) is 0 Å². The van der Waals surface area contributed by atoms with E-state index in [0.717, 1.165) is 0 Å². The minimum atomic E-state index is -0.345. The van der Waals surface area contributed by atoms with Gasteiger partial charge in [-0.25, -0.2) is 0 Å². The van der Waals surface area contributed by atoms with Gasteiger partial charge in [0.05, 0.1) is 12.2 Å². The second-order valence-electron chi connectivity index (χ2n) is 2.64. The van der Waals surface area contributed by atoms with Gasteiger partial charge in [0, 0.05) is 12.6 Å². The molecule has 1 unspecified atom stereocenters. The molecule has 3 atom stereocenters. The molecular formula is C6H13NO2. The first kappa shape index (κ1) is 6.99. The van der Waals surface area contributed by atoms with Gasteiger partial charge < -0.3 is 15.5 Å². The number of aliphatic hydroxyl groups excluding tert-OH is 2. The van der Waals surface area contributed by atoms with Gasteiger partial charge in [-0.2, -0.15) is 0 Å². The summed E-state index contributed by atoms with van der Waals surface area (Å²) in [5.74, 6) is 0. The molecule has 1 heterocycles. The summed E-state index contributed by atoms with van der Waals surface area (Å²) in [7, 11) is 0. The summed E-state index contributed by atoms with van der Waals surface area (Å²) in [6.07, 6.45) is 0.0734. The molecule has 0 saturated carbocycles. The van der Waals surface area contributed by atoms with E-state index >= 15 is 0 Å². The van der Waals surface area contributed by atoms with Crippen LogP contribution in [0.4, 0.5) is 0 Å². The lowest BCUT2D eigenvalue weighted by Crippen LogP contribution is -2.32. The molecule has 0 radical (unpaired) electrons. The lowest BCUT2D eigenvalue weighted by molar-refractivity contribution is 0.139. The topological polar surface area (TPSA) is 52.5 Å². The van der Waals surface area contributed by atoms with Gasteiger partial charge in [0.2, 0.25) is 0 Å². The van der Waals surface area contributed by atoms with Crippen molar-refractivity contribution in [2.45, 2.75) is 31.6 Å². The normalized spacial score (nSPS) is 39.0. The van der Waals surface area contributed by atoms with Crippen molar-refractivity contribution >= 4 is 0 Å². The molecule has 3 heteroatoms. The Hall–Kier alpha value is -0.120. The van der Waals surface area contributed by atoms with E-state index in [1.807, 2.05) is 0 Å². The van der Waals surface area contributed by atoms with Crippen molar-refractivity contribution in [3.05, 3.63) is 0 Å². The molecule has 0 aromatic heterocycles. The molecule has 3 nitrogen and oxygen atoms in total. The maximum absolute atomic E-state index is 9.00. The summed E-state index contributed by atoms with van der Waals surface area (Å²) in [5, 5.41) is 21.0. The van der Waals surface area contributed by atoms with E-state index in [9.17, 15) is 0 Å². The van der Waals surface area contributed by atoms with Crippen LogP contribution < -0.4 is 5.32 Å². The van der Waals surface area contributed by atoms with Crippen LogP contribution in [0.2, 0.25) is 0 Å². The molecular weight excluding hydrogens is 118 g/mol. The number of hydrogen-bond donors (Lipinski definition) is 3. The van der Waals surface area contributed by atoms with E-state index in [-0.39, 0.29) is 18.2 Å². The quantitative estimate of drug-likeness (QED) is 0.432. The van der Waals surface area contributed by atoms with Crippen LogP contribution in [0.3, 0.4) is 0 Å². The Balaban J connectivity index is 2.30. The molecule has 1 rings (SSSR count). The fourth-order valence-corrected chi connectivity index (χ4v) is 1.11. The third-order valence-corrected chi connectivity index (χ3v) is 1.72. The lowest BCUT2D eigenvalue weighted by atomic mass is 10.1. The van der Waals surface area contributed by atoms with Crippen LogP contribution in [-0.2, 0) is 0 Å². The van der Waals surface area contributed by atoms with Gasteiger partial charge in [-0.1, -0.05) is 0 Å². The van der Waals surface area contributed by atoms with Crippen LogP contribution >= 0.6 is 0 Å². The van der Waals surface area contributed by atoms with Gasteiger partial charge in [-0.15, -0.1) is 0 Å². The molecule has 0 aromatic carbocycles. The minimum absolute atomic E-state index is 0.0972. The van der Waals surface area contributed by atoms with Crippen molar-refractivity contribution in [2.24, 2.45) is 0 Å². The molecule has 1 fully saturated rings. The highest BCUT2D eigenvalue weighted by Crippen LogP contribution is 2.08. The van der Waals surface area contributed by atoms with Crippen LogP contribution in [0.1, 0.15) is 13.3 Å². The van der Waals surface area contributed by atoms with Crippen LogP contribution in [-0.4, -0.2) is 35.0 Å². The lowest BCUT2D eigenvalue weighted by Gasteiger charge is -2.11. The highest BCUT2D eigenvalue weighted by atomic mass is 16.3. The molecule has 9 heavy (non-hydrogen) atoms. The molecule has 0 bridgehead atoms. The van der Waals surface area contributed by atoms with Crippen LogP contribution in [0.15, 0.2) is 0 Å². The van der Waals surface area contributed by atoms with Crippen molar-refractivity contribution in [1.82, 2.24) is 5.32 Å². The number of β-amino-alcohol motifs (C(OH)–C–C–N with tert-alkyl or cyclic N) is 1. The average Bonchev–Trinajstić information content (AvgIpc) is 2.14. The predicted octanol–water partition coefficient (Wildman–Crippen LogP) is -0.910. The molecule has 0 amide bonds. The number of rotatable bonds is 1.